The summed E-state index contributed by atoms with van der Waals surface area (Å²) in [4.78, 5) is 33.9. The van der Waals surface area contributed by atoms with Gasteiger partial charge in [0.1, 0.15) is 11.5 Å². The number of benzene rings is 3. The molecule has 1 amide bonds. The molecule has 5 aromatic rings. The van der Waals surface area contributed by atoms with Gasteiger partial charge >= 0.3 is 0 Å². The Labute approximate surface area is 251 Å². The number of furan rings is 1. The number of thiazole rings is 1. The Kier molecular flexibility index (Phi) is 7.77. The molecule has 3 heterocycles. The largest absolute Gasteiger partial charge is 0.503 e. The zero-order valence-corrected chi connectivity index (χ0v) is 24.8. The number of hydrogen-bond acceptors (Lipinski definition) is 9. The van der Waals surface area contributed by atoms with Gasteiger partial charge in [-0.3, -0.25) is 14.5 Å². The second-order valence-corrected chi connectivity index (χ2v) is 11.1. The Morgan fingerprint density at radius 1 is 1.02 bits per heavy atom. The Balaban J connectivity index is 1.45. The van der Waals surface area contributed by atoms with E-state index in [-0.39, 0.29) is 11.3 Å². The number of carbonyl (C=O) groups excluding carboxylic acids is 2. The minimum atomic E-state index is -0.989. The molecule has 0 saturated carbocycles. The van der Waals surface area contributed by atoms with Gasteiger partial charge in [-0.05, 0) is 54.4 Å². The highest BCUT2D eigenvalue weighted by atomic mass is 32.1. The number of aromatic nitrogens is 1. The van der Waals surface area contributed by atoms with Gasteiger partial charge in [0.15, 0.2) is 28.0 Å². The van der Waals surface area contributed by atoms with Crippen molar-refractivity contribution >= 4 is 49.3 Å². The Morgan fingerprint density at radius 3 is 2.65 bits per heavy atom. The van der Waals surface area contributed by atoms with Crippen LogP contribution in [0.25, 0.3) is 21.2 Å². The number of amides is 1. The number of rotatable bonds is 11. The Morgan fingerprint density at radius 2 is 1.86 bits per heavy atom. The number of ketones is 1. The third kappa shape index (κ3) is 5.18. The highest BCUT2D eigenvalue weighted by Gasteiger charge is 2.46. The molecule has 0 spiro atoms. The summed E-state index contributed by atoms with van der Waals surface area (Å²) in [7, 11) is 3.09. The normalized spacial score (nSPS) is 15.1. The molecule has 1 atom stereocenters. The summed E-state index contributed by atoms with van der Waals surface area (Å²) in [5.41, 5.74) is 1.53. The van der Waals surface area contributed by atoms with E-state index in [1.165, 1.54) is 23.3 Å². The molecule has 0 fully saturated rings. The predicted molar refractivity (Wildman–Crippen MR) is 165 cm³/mol. The summed E-state index contributed by atoms with van der Waals surface area (Å²) in [6, 6.07) is 18.6. The van der Waals surface area contributed by atoms with E-state index in [0.29, 0.717) is 51.0 Å². The molecule has 10 heteroatoms. The monoisotopic (exact) mass is 598 g/mol. The van der Waals surface area contributed by atoms with Gasteiger partial charge in [-0.2, -0.15) is 0 Å². The SMILES string of the molecule is CCCCCOc1cccc(C2C(C(=O)c3cc4cccc(OC)c4o3)=C(O)C(=O)N2c2nc3ccc(OC)cc3s2)c1. The molecule has 9 nitrogen and oxygen atoms in total. The third-order valence-electron chi connectivity index (χ3n) is 7.39. The molecular weight excluding hydrogens is 568 g/mol. The second-order valence-electron chi connectivity index (χ2n) is 10.1. The topological polar surface area (TPSA) is 111 Å². The maximum absolute atomic E-state index is 14.1. The average molecular weight is 599 g/mol. The molecule has 6 rings (SSSR count). The molecule has 0 aliphatic carbocycles. The number of aliphatic hydroxyl groups excluding tert-OH is 1. The number of anilines is 1. The molecule has 3 aromatic carbocycles. The molecule has 2 aromatic heterocycles. The number of ether oxygens (including phenoxy) is 3. The van der Waals surface area contributed by atoms with Crippen molar-refractivity contribution in [2.75, 3.05) is 25.7 Å². The van der Waals surface area contributed by atoms with Gasteiger partial charge in [-0.1, -0.05) is 55.4 Å². The Hall–Kier alpha value is -4.83. The first kappa shape index (κ1) is 28.3. The highest BCUT2D eigenvalue weighted by Crippen LogP contribution is 2.45. The van der Waals surface area contributed by atoms with E-state index in [1.807, 2.05) is 12.1 Å². The summed E-state index contributed by atoms with van der Waals surface area (Å²) >= 11 is 1.26. The van der Waals surface area contributed by atoms with Crippen molar-refractivity contribution < 1.29 is 33.3 Å². The van der Waals surface area contributed by atoms with Crippen LogP contribution >= 0.6 is 11.3 Å². The fourth-order valence-electron chi connectivity index (χ4n) is 5.23. The van der Waals surface area contributed by atoms with Crippen LogP contribution in [0.3, 0.4) is 0 Å². The van der Waals surface area contributed by atoms with Crippen LogP contribution in [0.1, 0.15) is 48.3 Å². The van der Waals surface area contributed by atoms with Crippen LogP contribution in [0.5, 0.6) is 17.2 Å². The number of Topliss-reactive ketones (excluding diaryl/α,β-unsaturated/α-hetero) is 1. The van der Waals surface area contributed by atoms with Crippen molar-refractivity contribution in [2.24, 2.45) is 0 Å². The summed E-state index contributed by atoms with van der Waals surface area (Å²) in [6.45, 7) is 2.66. The number of aliphatic hydroxyl groups is 1. The van der Waals surface area contributed by atoms with Crippen LogP contribution in [0.15, 0.2) is 82.5 Å². The fraction of sp³-hybridized carbons (Fsp3) is 0.242. The van der Waals surface area contributed by atoms with E-state index in [4.69, 9.17) is 23.6 Å². The Bertz CT molecular complexity index is 1870. The van der Waals surface area contributed by atoms with E-state index in [1.54, 1.807) is 61.7 Å². The number of methoxy groups -OCH3 is 2. The lowest BCUT2D eigenvalue weighted by molar-refractivity contribution is -0.117. The van der Waals surface area contributed by atoms with Gasteiger partial charge in [-0.25, -0.2) is 4.98 Å². The standard InChI is InChI=1S/C33H30N2O7S/c1-4-5-6-15-41-22-11-7-9-19(16-22)28-27(29(36)25-17-20-10-8-12-24(40-3)31(20)42-25)30(37)32(38)35(28)33-34-23-14-13-21(39-2)18-26(23)43-33/h7-14,16-18,28,37H,4-6,15H2,1-3H3. The van der Waals surface area contributed by atoms with E-state index < -0.39 is 23.5 Å². The van der Waals surface area contributed by atoms with Gasteiger partial charge in [0, 0.05) is 5.39 Å². The molecule has 1 unspecified atom stereocenters. The average Bonchev–Trinajstić information content (AvgIpc) is 3.72. The van der Waals surface area contributed by atoms with Crippen LogP contribution < -0.4 is 19.1 Å². The van der Waals surface area contributed by atoms with E-state index in [2.05, 4.69) is 6.92 Å². The minimum absolute atomic E-state index is 0.0262. The zero-order valence-electron chi connectivity index (χ0n) is 24.0. The molecule has 0 saturated heterocycles. The van der Waals surface area contributed by atoms with Crippen LogP contribution in [0.4, 0.5) is 5.13 Å². The van der Waals surface area contributed by atoms with Gasteiger partial charge in [0.2, 0.25) is 5.78 Å². The maximum atomic E-state index is 14.1. The van der Waals surface area contributed by atoms with E-state index in [0.717, 1.165) is 24.0 Å². The number of nitrogens with zero attached hydrogens (tertiary/aromatic N) is 2. The number of hydrogen-bond donors (Lipinski definition) is 1. The number of fused-ring (bicyclic) bond motifs is 2. The first-order valence-electron chi connectivity index (χ1n) is 14.0. The number of unbranched alkanes of at least 4 members (excludes halogenated alkanes) is 2. The third-order valence-corrected chi connectivity index (χ3v) is 8.40. The highest BCUT2D eigenvalue weighted by molar-refractivity contribution is 7.22. The summed E-state index contributed by atoms with van der Waals surface area (Å²) < 4.78 is 23.5. The zero-order chi connectivity index (χ0) is 30.1. The first-order chi connectivity index (χ1) is 20.9. The smallest absolute Gasteiger partial charge is 0.296 e. The minimum Gasteiger partial charge on any atom is -0.503 e. The van der Waals surface area contributed by atoms with Gasteiger partial charge < -0.3 is 23.7 Å². The quantitative estimate of drug-likeness (QED) is 0.124. The molecule has 220 valence electrons. The molecular formula is C33H30N2O7S. The molecule has 43 heavy (non-hydrogen) atoms. The van der Waals surface area contributed by atoms with Crippen molar-refractivity contribution in [2.45, 2.75) is 32.2 Å². The molecule has 0 bridgehead atoms. The van der Waals surface area contributed by atoms with Crippen molar-refractivity contribution in [3.05, 3.63) is 89.4 Å². The lowest BCUT2D eigenvalue weighted by atomic mass is 9.95. The lowest BCUT2D eigenvalue weighted by Gasteiger charge is -2.24. The van der Waals surface area contributed by atoms with E-state index >= 15 is 0 Å². The maximum Gasteiger partial charge on any atom is 0.296 e. The van der Waals surface area contributed by atoms with Gasteiger partial charge in [0.05, 0.1) is 42.7 Å². The van der Waals surface area contributed by atoms with Crippen LogP contribution in [0, 0.1) is 0 Å². The van der Waals surface area contributed by atoms with Crippen molar-refractivity contribution in [1.82, 2.24) is 4.98 Å². The molecule has 1 aliphatic rings. The van der Waals surface area contributed by atoms with Crippen LogP contribution in [-0.2, 0) is 4.79 Å². The van der Waals surface area contributed by atoms with Crippen LogP contribution in [-0.4, -0.2) is 42.6 Å². The van der Waals surface area contributed by atoms with Crippen molar-refractivity contribution in [3.8, 4) is 17.2 Å². The summed E-state index contributed by atoms with van der Waals surface area (Å²) in [5.74, 6) is -0.321. The fourth-order valence-corrected chi connectivity index (χ4v) is 6.25. The van der Waals surface area contributed by atoms with Crippen LogP contribution in [0.2, 0.25) is 0 Å². The summed E-state index contributed by atoms with van der Waals surface area (Å²) in [5, 5.41) is 12.3. The van der Waals surface area contributed by atoms with E-state index in [9.17, 15) is 14.7 Å². The second kappa shape index (κ2) is 11.8. The first-order valence-corrected chi connectivity index (χ1v) is 14.8. The molecule has 1 aliphatic heterocycles. The number of para-hydroxylation sites is 1. The van der Waals surface area contributed by atoms with Gasteiger partial charge in [0.25, 0.3) is 5.91 Å². The van der Waals surface area contributed by atoms with Crippen molar-refractivity contribution in [3.63, 3.8) is 0 Å². The molecule has 1 N–H and O–H groups in total. The lowest BCUT2D eigenvalue weighted by Crippen LogP contribution is -2.31. The van der Waals surface area contributed by atoms with Crippen molar-refractivity contribution in [1.29, 1.82) is 0 Å². The van der Waals surface area contributed by atoms with Gasteiger partial charge in [-0.15, -0.1) is 0 Å². The molecule has 0 radical (unpaired) electrons. The summed E-state index contributed by atoms with van der Waals surface area (Å²) in [6.07, 6.45) is 3.02. The predicted octanol–water partition coefficient (Wildman–Crippen LogP) is 7.41. The number of carbonyl (C=O) groups is 2.